The molecule has 0 aliphatic rings. The smallest absolute Gasteiger partial charge is 0.227 e. The highest BCUT2D eigenvalue weighted by molar-refractivity contribution is 7.18. The molecule has 1 atom stereocenters. The normalized spacial score (nSPS) is 12.0. The van der Waals surface area contributed by atoms with Crippen LogP contribution >= 0.6 is 34.5 Å². The molecule has 0 spiro atoms. The van der Waals surface area contributed by atoms with E-state index < -0.39 is 6.10 Å². The fraction of sp³-hybridized carbons (Fsp3) is 0.0909. The Morgan fingerprint density at radius 1 is 1.00 bits per heavy atom. The molecule has 0 saturated carbocycles. The monoisotopic (exact) mass is 441 g/mol. The van der Waals surface area contributed by atoms with Crippen molar-refractivity contribution in [1.29, 1.82) is 0 Å². The molecule has 4 aromatic rings. The summed E-state index contributed by atoms with van der Waals surface area (Å²) in [5.41, 5.74) is 3.35. The third kappa shape index (κ3) is 4.60. The lowest BCUT2D eigenvalue weighted by molar-refractivity contribution is 0.199. The predicted octanol–water partition coefficient (Wildman–Crippen LogP) is 6.98. The Kier molecular flexibility index (Phi) is 5.83. The topological polar surface area (TPSA) is 58.0 Å². The van der Waals surface area contributed by atoms with Crippen LogP contribution in [0.3, 0.4) is 0 Å². The van der Waals surface area contributed by atoms with Gasteiger partial charge in [-0.05, 0) is 61.0 Å². The third-order valence-corrected chi connectivity index (χ3v) is 6.04. The van der Waals surface area contributed by atoms with E-state index in [0.29, 0.717) is 16.0 Å². The van der Waals surface area contributed by atoms with Gasteiger partial charge in [0.1, 0.15) is 0 Å². The number of rotatable bonds is 5. The highest BCUT2D eigenvalue weighted by Gasteiger charge is 2.11. The Labute approximate surface area is 182 Å². The van der Waals surface area contributed by atoms with E-state index >= 15 is 0 Å². The first-order chi connectivity index (χ1) is 14.0. The molecule has 0 saturated heterocycles. The average molecular weight is 442 g/mol. The Hall–Kier alpha value is -2.44. The molecule has 0 aliphatic carbocycles. The predicted molar refractivity (Wildman–Crippen MR) is 121 cm³/mol. The zero-order chi connectivity index (χ0) is 20.4. The van der Waals surface area contributed by atoms with Crippen LogP contribution in [0.4, 0.5) is 11.6 Å². The first kappa shape index (κ1) is 19.9. The summed E-state index contributed by atoms with van der Waals surface area (Å²) in [5.74, 6) is 0.487. The van der Waals surface area contributed by atoms with Gasteiger partial charge in [0, 0.05) is 32.4 Å². The number of thiophene rings is 1. The second-order valence-electron chi connectivity index (χ2n) is 6.48. The van der Waals surface area contributed by atoms with Crippen LogP contribution in [0, 0.1) is 0 Å². The fourth-order valence-electron chi connectivity index (χ4n) is 2.87. The summed E-state index contributed by atoms with van der Waals surface area (Å²) in [6, 6.07) is 18.9. The molecule has 0 fully saturated rings. The Bertz CT molecular complexity index is 1160. The summed E-state index contributed by atoms with van der Waals surface area (Å²) in [6.45, 7) is 1.73. The van der Waals surface area contributed by atoms with Crippen molar-refractivity contribution in [2.45, 2.75) is 13.0 Å². The van der Waals surface area contributed by atoms with E-state index in [1.54, 1.807) is 36.6 Å². The quantitative estimate of drug-likeness (QED) is 0.350. The number of aromatic nitrogens is 2. The molecule has 0 aliphatic heterocycles. The van der Waals surface area contributed by atoms with Gasteiger partial charge in [0.2, 0.25) is 5.95 Å². The van der Waals surface area contributed by atoms with Gasteiger partial charge in [0.25, 0.3) is 0 Å². The molecule has 2 heterocycles. The minimum absolute atomic E-state index is 0.487. The molecule has 4 nitrogen and oxygen atoms in total. The molecule has 7 heteroatoms. The van der Waals surface area contributed by atoms with Crippen molar-refractivity contribution < 1.29 is 5.11 Å². The fourth-order valence-corrected chi connectivity index (χ4v) is 4.32. The van der Waals surface area contributed by atoms with Crippen LogP contribution in [0.1, 0.15) is 18.6 Å². The highest BCUT2D eigenvalue weighted by atomic mass is 35.5. The van der Waals surface area contributed by atoms with Crippen molar-refractivity contribution >= 4 is 46.2 Å². The number of aliphatic hydroxyl groups excluding tert-OH is 1. The van der Waals surface area contributed by atoms with E-state index in [4.69, 9.17) is 23.2 Å². The maximum atomic E-state index is 9.76. The van der Waals surface area contributed by atoms with Crippen LogP contribution < -0.4 is 5.32 Å². The molecule has 0 radical (unpaired) electrons. The summed E-state index contributed by atoms with van der Waals surface area (Å²) in [6.07, 6.45) is 1.18. The van der Waals surface area contributed by atoms with Crippen LogP contribution in [-0.2, 0) is 0 Å². The van der Waals surface area contributed by atoms with E-state index in [2.05, 4.69) is 15.3 Å². The molecule has 2 N–H and O–H groups in total. The van der Waals surface area contributed by atoms with Gasteiger partial charge in [-0.25, -0.2) is 9.97 Å². The van der Waals surface area contributed by atoms with Gasteiger partial charge < -0.3 is 10.4 Å². The molecular formula is C22H17Cl2N3OS. The van der Waals surface area contributed by atoms with Crippen LogP contribution in [0.25, 0.3) is 21.0 Å². The lowest BCUT2D eigenvalue weighted by Crippen LogP contribution is -1.99. The van der Waals surface area contributed by atoms with Gasteiger partial charge in [0.15, 0.2) is 0 Å². The number of nitrogens with zero attached hydrogens (tertiary/aromatic N) is 2. The van der Waals surface area contributed by atoms with Gasteiger partial charge in [0.05, 0.1) is 16.7 Å². The first-order valence-corrected chi connectivity index (χ1v) is 10.5. The zero-order valence-electron chi connectivity index (χ0n) is 15.4. The number of halogens is 2. The average Bonchev–Trinajstić information content (AvgIpc) is 3.20. The van der Waals surface area contributed by atoms with E-state index in [0.717, 1.165) is 32.3 Å². The maximum absolute atomic E-state index is 9.76. The van der Waals surface area contributed by atoms with Crippen LogP contribution in [0.2, 0.25) is 10.0 Å². The number of hydrogen-bond acceptors (Lipinski definition) is 5. The van der Waals surface area contributed by atoms with Gasteiger partial charge in [-0.1, -0.05) is 35.3 Å². The molecule has 4 rings (SSSR count). The molecule has 29 heavy (non-hydrogen) atoms. The van der Waals surface area contributed by atoms with Crippen LogP contribution in [0.5, 0.6) is 0 Å². The van der Waals surface area contributed by atoms with E-state index in [-0.39, 0.29) is 0 Å². The van der Waals surface area contributed by atoms with Crippen molar-refractivity contribution in [3.05, 3.63) is 82.5 Å². The summed E-state index contributed by atoms with van der Waals surface area (Å²) in [5, 5.41) is 14.3. The molecule has 2 aromatic carbocycles. The van der Waals surface area contributed by atoms with Crippen LogP contribution in [0.15, 0.2) is 66.9 Å². The molecule has 0 amide bonds. The minimum atomic E-state index is -0.535. The second kappa shape index (κ2) is 8.51. The Morgan fingerprint density at radius 3 is 2.66 bits per heavy atom. The van der Waals surface area contributed by atoms with Crippen molar-refractivity contribution in [3.63, 3.8) is 0 Å². The number of aliphatic hydroxyl groups is 1. The van der Waals surface area contributed by atoms with E-state index in [9.17, 15) is 5.11 Å². The highest BCUT2D eigenvalue weighted by Crippen LogP contribution is 2.38. The third-order valence-electron chi connectivity index (χ3n) is 4.33. The van der Waals surface area contributed by atoms with Gasteiger partial charge in [-0.3, -0.25) is 0 Å². The van der Waals surface area contributed by atoms with E-state index in [1.165, 1.54) is 0 Å². The van der Waals surface area contributed by atoms with Crippen molar-refractivity contribution in [2.24, 2.45) is 0 Å². The zero-order valence-corrected chi connectivity index (χ0v) is 17.8. The molecule has 0 bridgehead atoms. The number of hydrogen-bond donors (Lipinski definition) is 2. The molecular weight excluding hydrogens is 425 g/mol. The van der Waals surface area contributed by atoms with Crippen molar-refractivity contribution in [3.8, 4) is 21.0 Å². The largest absolute Gasteiger partial charge is 0.389 e. The number of benzene rings is 2. The minimum Gasteiger partial charge on any atom is -0.389 e. The maximum Gasteiger partial charge on any atom is 0.227 e. The second-order valence-corrected chi connectivity index (χ2v) is 8.41. The summed E-state index contributed by atoms with van der Waals surface area (Å²) < 4.78 is 0. The van der Waals surface area contributed by atoms with Gasteiger partial charge >= 0.3 is 0 Å². The van der Waals surface area contributed by atoms with E-state index in [1.807, 2.05) is 48.5 Å². The van der Waals surface area contributed by atoms with Gasteiger partial charge in [-0.15, -0.1) is 11.3 Å². The molecule has 146 valence electrons. The summed E-state index contributed by atoms with van der Waals surface area (Å²) in [7, 11) is 0. The first-order valence-electron chi connectivity index (χ1n) is 8.93. The lowest BCUT2D eigenvalue weighted by Gasteiger charge is -2.09. The Morgan fingerprint density at radius 2 is 1.83 bits per heavy atom. The lowest BCUT2D eigenvalue weighted by atomic mass is 10.1. The molecule has 2 aromatic heterocycles. The van der Waals surface area contributed by atoms with Crippen LogP contribution in [-0.4, -0.2) is 15.1 Å². The molecule has 1 unspecified atom stereocenters. The van der Waals surface area contributed by atoms with Crippen molar-refractivity contribution in [2.75, 3.05) is 5.32 Å². The SMILES string of the molecule is CC(O)c1cccc(Nc2nccc(-c3ccc(-c4cc(Cl)ccc4Cl)s3)n2)c1. The van der Waals surface area contributed by atoms with Crippen molar-refractivity contribution in [1.82, 2.24) is 9.97 Å². The van der Waals surface area contributed by atoms with Gasteiger partial charge in [-0.2, -0.15) is 0 Å². The number of nitrogens with one attached hydrogen (secondary N) is 1. The summed E-state index contributed by atoms with van der Waals surface area (Å²) >= 11 is 14.0. The Balaban J connectivity index is 1.60. The number of anilines is 2. The summed E-state index contributed by atoms with van der Waals surface area (Å²) in [4.78, 5) is 11.0. The standard InChI is InChI=1S/C22H17Cl2N3OS/c1-13(28)14-3-2-4-16(11-14)26-22-25-10-9-19(27-22)21-8-7-20(29-21)17-12-15(23)5-6-18(17)24/h2-13,28H,1H3,(H,25,26,27).